The molecule has 0 heterocycles. The van der Waals surface area contributed by atoms with Gasteiger partial charge in [0, 0.05) is 0 Å². The Morgan fingerprint density at radius 2 is 1.50 bits per heavy atom. The molecule has 0 fully saturated rings. The zero-order valence-electron chi connectivity index (χ0n) is 18.3. The van der Waals surface area contributed by atoms with E-state index >= 15 is 0 Å². The zero-order chi connectivity index (χ0) is 21.6. The third kappa shape index (κ3) is 8.73. The number of allylic oxidation sites excluding steroid dienone is 1. The van der Waals surface area contributed by atoms with Gasteiger partial charge in [0.15, 0.2) is 0 Å². The molecule has 2 aromatic carbocycles. The lowest BCUT2D eigenvalue weighted by molar-refractivity contribution is 0.0734. The number of esters is 1. The quantitative estimate of drug-likeness (QED) is 0.148. The van der Waals surface area contributed by atoms with Crippen molar-refractivity contribution in [3.63, 3.8) is 0 Å². The number of hydrogen-bond donors (Lipinski definition) is 0. The minimum Gasteiger partial charge on any atom is -0.494 e. The third-order valence-electron chi connectivity index (χ3n) is 4.93. The molecule has 0 aliphatic heterocycles. The van der Waals surface area contributed by atoms with Crippen molar-refractivity contribution in [2.45, 2.75) is 52.4 Å². The summed E-state index contributed by atoms with van der Waals surface area (Å²) in [6.07, 6.45) is 8.68. The molecule has 30 heavy (non-hydrogen) atoms. The van der Waals surface area contributed by atoms with Crippen molar-refractivity contribution in [3.8, 4) is 17.2 Å². The molecule has 0 N–H and O–H groups in total. The van der Waals surface area contributed by atoms with Crippen molar-refractivity contribution < 1.29 is 19.0 Å². The van der Waals surface area contributed by atoms with Gasteiger partial charge < -0.3 is 14.2 Å². The van der Waals surface area contributed by atoms with Crippen molar-refractivity contribution in [1.82, 2.24) is 0 Å². The van der Waals surface area contributed by atoms with Gasteiger partial charge in [-0.05, 0) is 73.7 Å². The van der Waals surface area contributed by atoms with E-state index in [-0.39, 0.29) is 0 Å². The standard InChI is InChI=1S/C26H34O4/c1-4-6-7-8-9-10-19-28-23-13-11-22(12-14-23)26(27)30-25-17-15-24(16-18-25)29-20-21(3)5-2/h4,11-18,21H,1,5-10,19-20H2,2-3H3/t21-/m0/s1. The van der Waals surface area contributed by atoms with E-state index in [4.69, 9.17) is 14.2 Å². The maximum atomic E-state index is 12.3. The first-order chi connectivity index (χ1) is 14.6. The van der Waals surface area contributed by atoms with E-state index in [1.165, 1.54) is 12.8 Å². The van der Waals surface area contributed by atoms with Crippen molar-refractivity contribution in [1.29, 1.82) is 0 Å². The molecule has 0 saturated carbocycles. The number of carbonyl (C=O) groups excluding carboxylic acids is 1. The first kappa shape index (κ1) is 23.5. The van der Waals surface area contributed by atoms with Crippen LogP contribution in [0.2, 0.25) is 0 Å². The Labute approximate surface area is 180 Å². The van der Waals surface area contributed by atoms with Crippen LogP contribution in [0.15, 0.2) is 61.2 Å². The summed E-state index contributed by atoms with van der Waals surface area (Å²) in [4.78, 5) is 12.3. The molecule has 0 bridgehead atoms. The maximum Gasteiger partial charge on any atom is 0.343 e. The van der Waals surface area contributed by atoms with E-state index < -0.39 is 5.97 Å². The highest BCUT2D eigenvalue weighted by Gasteiger charge is 2.09. The Morgan fingerprint density at radius 1 is 0.900 bits per heavy atom. The van der Waals surface area contributed by atoms with Gasteiger partial charge in [0.25, 0.3) is 0 Å². The average molecular weight is 411 g/mol. The first-order valence-corrected chi connectivity index (χ1v) is 10.9. The number of carbonyl (C=O) groups is 1. The lowest BCUT2D eigenvalue weighted by Crippen LogP contribution is -2.09. The summed E-state index contributed by atoms with van der Waals surface area (Å²) in [6, 6.07) is 14.2. The van der Waals surface area contributed by atoms with Crippen molar-refractivity contribution in [2.75, 3.05) is 13.2 Å². The fourth-order valence-electron chi connectivity index (χ4n) is 2.75. The topological polar surface area (TPSA) is 44.8 Å². The molecular formula is C26H34O4. The van der Waals surface area contributed by atoms with Crippen LogP contribution in [0, 0.1) is 5.92 Å². The van der Waals surface area contributed by atoms with Gasteiger partial charge in [0.05, 0.1) is 18.8 Å². The molecule has 0 aliphatic rings. The average Bonchev–Trinajstić information content (AvgIpc) is 2.78. The van der Waals surface area contributed by atoms with Gasteiger partial charge in [0.1, 0.15) is 17.2 Å². The van der Waals surface area contributed by atoms with Gasteiger partial charge in [-0.1, -0.05) is 39.2 Å². The van der Waals surface area contributed by atoms with Crippen LogP contribution >= 0.6 is 0 Å². The van der Waals surface area contributed by atoms with E-state index in [0.29, 0.717) is 30.4 Å². The molecule has 0 spiro atoms. The summed E-state index contributed by atoms with van der Waals surface area (Å²) < 4.78 is 16.9. The Hall–Kier alpha value is -2.75. The number of hydrogen-bond acceptors (Lipinski definition) is 4. The van der Waals surface area contributed by atoms with E-state index in [1.54, 1.807) is 36.4 Å². The van der Waals surface area contributed by atoms with Gasteiger partial charge in [-0.2, -0.15) is 0 Å². The lowest BCUT2D eigenvalue weighted by atomic mass is 10.1. The summed E-state index contributed by atoms with van der Waals surface area (Å²) in [5.74, 6) is 2.15. The summed E-state index contributed by atoms with van der Waals surface area (Å²) in [5.41, 5.74) is 0.490. The summed E-state index contributed by atoms with van der Waals surface area (Å²) in [7, 11) is 0. The molecular weight excluding hydrogens is 376 g/mol. The molecule has 162 valence electrons. The van der Waals surface area contributed by atoms with Crippen molar-refractivity contribution in [3.05, 3.63) is 66.7 Å². The summed E-state index contributed by atoms with van der Waals surface area (Å²) in [6.45, 7) is 9.39. The van der Waals surface area contributed by atoms with Crippen LogP contribution in [0.25, 0.3) is 0 Å². The van der Waals surface area contributed by atoms with Crippen LogP contribution in [-0.2, 0) is 0 Å². The van der Waals surface area contributed by atoms with Crippen molar-refractivity contribution >= 4 is 5.97 Å². The number of rotatable bonds is 14. The third-order valence-corrected chi connectivity index (χ3v) is 4.93. The highest BCUT2D eigenvalue weighted by molar-refractivity contribution is 5.91. The van der Waals surface area contributed by atoms with Gasteiger partial charge >= 0.3 is 5.97 Å². The van der Waals surface area contributed by atoms with Crippen molar-refractivity contribution in [2.24, 2.45) is 5.92 Å². The first-order valence-electron chi connectivity index (χ1n) is 10.9. The molecule has 0 radical (unpaired) electrons. The van der Waals surface area contributed by atoms with Crippen LogP contribution in [0.5, 0.6) is 17.2 Å². The molecule has 0 unspecified atom stereocenters. The predicted octanol–water partition coefficient (Wildman–Crippen LogP) is 6.85. The Kier molecular flexibility index (Phi) is 10.6. The minimum absolute atomic E-state index is 0.392. The highest BCUT2D eigenvalue weighted by atomic mass is 16.5. The van der Waals surface area contributed by atoms with Crippen LogP contribution in [0.1, 0.15) is 62.7 Å². The molecule has 4 nitrogen and oxygen atoms in total. The molecule has 0 amide bonds. The second-order valence-corrected chi connectivity index (χ2v) is 7.55. The van der Waals surface area contributed by atoms with E-state index in [2.05, 4.69) is 20.4 Å². The molecule has 4 heteroatoms. The molecule has 0 saturated heterocycles. The van der Waals surface area contributed by atoms with Gasteiger partial charge in [-0.25, -0.2) is 4.79 Å². The Balaban J connectivity index is 1.74. The SMILES string of the molecule is C=CCCCCCCOc1ccc(C(=O)Oc2ccc(OC[C@@H](C)CC)cc2)cc1. The minimum atomic E-state index is -0.392. The van der Waals surface area contributed by atoms with Crippen LogP contribution < -0.4 is 14.2 Å². The zero-order valence-corrected chi connectivity index (χ0v) is 18.3. The van der Waals surface area contributed by atoms with Crippen LogP contribution in [-0.4, -0.2) is 19.2 Å². The molecule has 2 rings (SSSR count). The molecule has 2 aromatic rings. The molecule has 1 atom stereocenters. The van der Waals surface area contributed by atoms with E-state index in [1.807, 2.05) is 18.2 Å². The lowest BCUT2D eigenvalue weighted by Gasteiger charge is -2.11. The molecule has 0 aliphatic carbocycles. The second kappa shape index (κ2) is 13.5. The van der Waals surface area contributed by atoms with Crippen LogP contribution in [0.4, 0.5) is 0 Å². The van der Waals surface area contributed by atoms with Crippen LogP contribution in [0.3, 0.4) is 0 Å². The monoisotopic (exact) mass is 410 g/mol. The predicted molar refractivity (Wildman–Crippen MR) is 122 cm³/mol. The highest BCUT2D eigenvalue weighted by Crippen LogP contribution is 2.20. The largest absolute Gasteiger partial charge is 0.494 e. The smallest absolute Gasteiger partial charge is 0.343 e. The maximum absolute atomic E-state index is 12.3. The Bertz CT molecular complexity index is 750. The summed E-state index contributed by atoms with van der Waals surface area (Å²) >= 11 is 0. The second-order valence-electron chi connectivity index (χ2n) is 7.55. The van der Waals surface area contributed by atoms with Gasteiger partial charge in [-0.15, -0.1) is 6.58 Å². The summed E-state index contributed by atoms with van der Waals surface area (Å²) in [5, 5.41) is 0. The van der Waals surface area contributed by atoms with Gasteiger partial charge in [0.2, 0.25) is 0 Å². The van der Waals surface area contributed by atoms with E-state index in [0.717, 1.165) is 37.2 Å². The fraction of sp³-hybridized carbons (Fsp3) is 0.423. The molecule has 0 aromatic heterocycles. The normalized spacial score (nSPS) is 11.5. The van der Waals surface area contributed by atoms with Gasteiger partial charge in [-0.3, -0.25) is 0 Å². The van der Waals surface area contributed by atoms with E-state index in [9.17, 15) is 4.79 Å². The number of ether oxygens (including phenoxy) is 3. The number of benzene rings is 2. The number of unbranched alkanes of at least 4 members (excludes halogenated alkanes) is 4. The Morgan fingerprint density at radius 3 is 2.17 bits per heavy atom. The fourth-order valence-corrected chi connectivity index (χ4v) is 2.75.